The van der Waals surface area contributed by atoms with E-state index in [-0.39, 0.29) is 168 Å². The number of aromatic hydroxyl groups is 1. The number of phenols is 1. The van der Waals surface area contributed by atoms with Crippen LogP contribution in [0, 0.1) is 0 Å². The number of fused-ring (bicyclic) bond motifs is 1. The first-order chi connectivity index (χ1) is 29.0. The van der Waals surface area contributed by atoms with Crippen molar-refractivity contribution in [2.75, 3.05) is 30.0 Å². The Morgan fingerprint density at radius 3 is 1.89 bits per heavy atom. The standard InChI is InChI=1S/C30H29N5O21S6.4Na/c1-17(36)26(34-32-19-4-8-21(9-5-19)59(40,41)15-13-52-62(48,49)50)30(38)31-24-11-10-22-23(29(24)60(42,43)44)16-25(58-56-54-39)27(28(22)37)35-33-18-2-6-20(7-3-18)53-55-57-14-12-51-61(45,46)47;;;;/h2-11,16,26,37,39H,12-15H2,1H3,(H,31,38)(H,42,43,44)(H,45,46,47)(H,48,49,50);;;;/q;4*+1/p-4. The number of carbonyl (C=O) groups excluding carboxylic acids is 2. The normalized spacial score (nSPS) is 12.4. The molecule has 4 aromatic rings. The Kier molecular flexibility index (Phi) is 29.2. The molecule has 2 N–H and O–H groups in total. The quantitative estimate of drug-likeness (QED) is 0.00801. The summed E-state index contributed by atoms with van der Waals surface area (Å²) in [7, 11) is -19.7. The number of Topliss-reactive ketones (excluding diaryl/α,β-unsaturated/α-hetero) is 1. The molecular weight excluding hydrogens is 1050 g/mol. The number of hydrogen-bond donors (Lipinski definition) is 2. The van der Waals surface area contributed by atoms with E-state index >= 15 is 0 Å². The molecule has 0 radical (unpaired) electrons. The van der Waals surface area contributed by atoms with E-state index in [0.29, 0.717) is 12.0 Å². The molecule has 0 bridgehead atoms. The Hall–Kier alpha value is -0.780. The molecule has 26 nitrogen and oxygen atoms in total. The third-order valence-electron chi connectivity index (χ3n) is 7.22. The summed E-state index contributed by atoms with van der Waals surface area (Å²) in [5, 5.41) is 41.8. The van der Waals surface area contributed by atoms with Gasteiger partial charge < -0.3 is 34.2 Å². The van der Waals surface area contributed by atoms with Gasteiger partial charge in [-0.25, -0.2) is 33.7 Å². The van der Waals surface area contributed by atoms with E-state index in [4.69, 9.17) is 9.22 Å². The van der Waals surface area contributed by atoms with E-state index < -0.39 is 105 Å². The Morgan fingerprint density at radius 2 is 1.33 bits per heavy atom. The molecule has 0 fully saturated rings. The van der Waals surface area contributed by atoms with Crippen molar-refractivity contribution in [2.24, 2.45) is 20.5 Å². The summed E-state index contributed by atoms with van der Waals surface area (Å²) in [6, 6.07) is 10.6. The minimum Gasteiger partial charge on any atom is -0.744 e. The largest absolute Gasteiger partial charge is 1.00 e. The monoisotopic (exact) mass is 1070 g/mol. The fourth-order valence-corrected chi connectivity index (χ4v) is 8.17. The average molecular weight is 1080 g/mol. The van der Waals surface area contributed by atoms with E-state index in [1.54, 1.807) is 0 Å². The first kappa shape index (κ1) is 65.2. The molecule has 66 heavy (non-hydrogen) atoms. The molecule has 0 saturated carbocycles. The van der Waals surface area contributed by atoms with E-state index in [1.807, 2.05) is 0 Å². The van der Waals surface area contributed by atoms with Crippen LogP contribution in [0.3, 0.4) is 0 Å². The van der Waals surface area contributed by atoms with E-state index in [9.17, 15) is 67.3 Å². The van der Waals surface area contributed by atoms with E-state index in [1.165, 1.54) is 24.3 Å². The minimum atomic E-state index is -5.56. The van der Waals surface area contributed by atoms with Crippen LogP contribution in [0.5, 0.6) is 11.5 Å². The Morgan fingerprint density at radius 1 is 0.758 bits per heavy atom. The summed E-state index contributed by atoms with van der Waals surface area (Å²) in [6.07, 6.45) is 0. The van der Waals surface area contributed by atoms with Crippen LogP contribution in [0.4, 0.5) is 22.7 Å². The number of sulfone groups is 1. The van der Waals surface area contributed by atoms with Gasteiger partial charge in [-0.3, -0.25) is 23.0 Å². The van der Waals surface area contributed by atoms with Crippen LogP contribution in [0.15, 0.2) is 102 Å². The van der Waals surface area contributed by atoms with E-state index in [2.05, 4.69) is 43.5 Å². The smallest absolute Gasteiger partial charge is 0.744 e. The van der Waals surface area contributed by atoms with Gasteiger partial charge in [0.2, 0.25) is 26.8 Å². The van der Waals surface area contributed by atoms with Crippen LogP contribution in [0.2, 0.25) is 0 Å². The summed E-state index contributed by atoms with van der Waals surface area (Å²) in [5.41, 5.74) is -1.09. The summed E-state index contributed by atoms with van der Waals surface area (Å²) >= 11 is 0.736. The number of benzene rings is 4. The second kappa shape index (κ2) is 29.5. The zero-order valence-corrected chi connectivity index (χ0v) is 47.5. The molecule has 4 rings (SSSR count). The van der Waals surface area contributed by atoms with Crippen molar-refractivity contribution >= 4 is 110 Å². The van der Waals surface area contributed by atoms with Crippen LogP contribution < -0.4 is 134 Å². The third kappa shape index (κ3) is 20.9. The summed E-state index contributed by atoms with van der Waals surface area (Å²) in [6.45, 7) is -0.492. The molecule has 0 heterocycles. The van der Waals surface area contributed by atoms with Crippen LogP contribution in [0.1, 0.15) is 6.92 Å². The number of nitrogens with one attached hydrogen (secondary N) is 1. The van der Waals surface area contributed by atoms with Crippen molar-refractivity contribution in [1.29, 1.82) is 0 Å². The van der Waals surface area contributed by atoms with Crippen LogP contribution in [0.25, 0.3) is 10.8 Å². The van der Waals surface area contributed by atoms with Gasteiger partial charge in [-0.1, -0.05) is 0 Å². The number of ketones is 1. The molecule has 0 aliphatic heterocycles. The summed E-state index contributed by atoms with van der Waals surface area (Å²) < 4.78 is 143. The third-order valence-corrected chi connectivity index (χ3v) is 11.9. The van der Waals surface area contributed by atoms with Gasteiger partial charge in [-0.05, 0) is 73.7 Å². The maximum absolute atomic E-state index is 13.3. The number of azo groups is 2. The zero-order valence-electron chi connectivity index (χ0n) is 34.6. The van der Waals surface area contributed by atoms with E-state index in [0.717, 1.165) is 49.4 Å². The van der Waals surface area contributed by atoms with Gasteiger partial charge in [-0.15, -0.1) is 9.45 Å². The number of hydrogen-bond acceptors (Lipinski definition) is 27. The molecule has 1 atom stereocenters. The Bertz CT molecular complexity index is 2810. The number of nitrogens with zero attached hydrogens (tertiary/aromatic N) is 4. The molecule has 0 aliphatic rings. The topological polar surface area (TPSA) is 400 Å². The molecule has 0 spiro atoms. The Balaban J connectivity index is 0.0000106. The van der Waals surface area contributed by atoms with Gasteiger partial charge in [0.15, 0.2) is 27.1 Å². The van der Waals surface area contributed by atoms with Crippen molar-refractivity contribution < 1.29 is 212 Å². The van der Waals surface area contributed by atoms with Gasteiger partial charge in [0.25, 0.3) is 5.91 Å². The van der Waals surface area contributed by atoms with Crippen molar-refractivity contribution in [3.05, 3.63) is 66.7 Å². The number of carbonyl (C=O) groups is 2. The maximum atomic E-state index is 13.3. The maximum Gasteiger partial charge on any atom is 1.00 e. The molecule has 0 aliphatic carbocycles. The molecule has 336 valence electrons. The SMILES string of the molecule is CC(=O)C(N=Nc1ccc(S(=O)(=O)CCOS(=O)(=O)[O-])cc1)C(=O)Nc1ccc2c(O)c(N=Nc3ccc(OOSCCOS(=O)(=O)[O-])cc3)c(SOO[O-])cc2c1S(=O)(=O)[O-].[Na+].[Na+].[Na+].[Na+]. The average Bonchev–Trinajstić information content (AvgIpc) is 3.17. The second-order valence-corrected chi connectivity index (χ2v) is 18.5. The first-order valence-corrected chi connectivity index (χ1v) is 23.5. The van der Waals surface area contributed by atoms with Crippen LogP contribution in [-0.2, 0) is 72.4 Å². The fourth-order valence-electron chi connectivity index (χ4n) is 4.64. The molecule has 1 unspecified atom stereocenters. The number of rotatable bonds is 23. The number of phenolic OH excluding ortho intramolecular Hbond substituents is 1. The molecule has 1 amide bonds. The van der Waals surface area contributed by atoms with Gasteiger partial charge in [0.05, 0.1) is 62.8 Å². The molecule has 0 aromatic heterocycles. The molecular formula is C30H25N5Na4O21S6. The predicted molar refractivity (Wildman–Crippen MR) is 204 cm³/mol. The Labute approximate surface area is 472 Å². The number of anilines is 1. The molecule has 36 heteroatoms. The van der Waals surface area contributed by atoms with Crippen molar-refractivity contribution in [3.63, 3.8) is 0 Å². The van der Waals surface area contributed by atoms with Crippen LogP contribution >= 0.6 is 24.1 Å². The van der Waals surface area contributed by atoms with Gasteiger partial charge in [0, 0.05) is 28.6 Å². The molecule has 4 aromatic carbocycles. The van der Waals surface area contributed by atoms with Crippen molar-refractivity contribution in [1.82, 2.24) is 0 Å². The summed E-state index contributed by atoms with van der Waals surface area (Å²) in [4.78, 5) is 28.9. The minimum absolute atomic E-state index is 0. The zero-order chi connectivity index (χ0) is 45.9. The van der Waals surface area contributed by atoms with Crippen molar-refractivity contribution in [3.8, 4) is 11.5 Å². The summed E-state index contributed by atoms with van der Waals surface area (Å²) in [5.74, 6) is -3.86. The van der Waals surface area contributed by atoms with Gasteiger partial charge >= 0.3 is 118 Å². The predicted octanol–water partition coefficient (Wildman–Crippen LogP) is -9.52. The van der Waals surface area contributed by atoms with Crippen LogP contribution in [-0.4, -0.2) is 94.9 Å². The second-order valence-electron chi connectivity index (χ2n) is 11.4. The molecule has 0 saturated heterocycles. The first-order valence-electron chi connectivity index (χ1n) is 16.1. The van der Waals surface area contributed by atoms with Crippen molar-refractivity contribution in [2.45, 2.75) is 27.7 Å². The van der Waals surface area contributed by atoms with Gasteiger partial charge in [-0.2, -0.15) is 19.7 Å². The number of amides is 1. The van der Waals surface area contributed by atoms with Gasteiger partial charge in [0.1, 0.15) is 15.8 Å². The fraction of sp³-hybridized carbons (Fsp3) is 0.200.